The van der Waals surface area contributed by atoms with Gasteiger partial charge in [-0.25, -0.2) is 4.79 Å². The minimum absolute atomic E-state index is 0.471. The van der Waals surface area contributed by atoms with Crippen molar-refractivity contribution in [3.8, 4) is 0 Å². The van der Waals surface area contributed by atoms with Gasteiger partial charge in [0.2, 0.25) is 6.10 Å². The Bertz CT molecular complexity index is 531. The Balaban J connectivity index is 1.58. The zero-order valence-electron chi connectivity index (χ0n) is 14.0. The molecule has 3 nitrogen and oxygen atoms in total. The van der Waals surface area contributed by atoms with Gasteiger partial charge in [-0.1, -0.05) is 6.58 Å². The van der Waals surface area contributed by atoms with Crippen molar-refractivity contribution in [1.82, 2.24) is 0 Å². The number of esters is 1. The van der Waals surface area contributed by atoms with Gasteiger partial charge in [-0.2, -0.15) is 26.3 Å². The smallest absolute Gasteiger partial charge is 0.423 e. The second-order valence-electron chi connectivity index (χ2n) is 7.87. The molecule has 0 radical (unpaired) electrons. The molecular formula is C17H20F6O3. The number of alkyl halides is 6. The molecular weight excluding hydrogens is 366 g/mol. The van der Waals surface area contributed by atoms with Gasteiger partial charge in [-0.05, 0) is 56.3 Å². The topological polar surface area (TPSA) is 35.5 Å². The van der Waals surface area contributed by atoms with Gasteiger partial charge in [-0.15, -0.1) is 0 Å². The van der Waals surface area contributed by atoms with E-state index < -0.39 is 42.2 Å². The number of carbonyl (C=O) groups is 1. The van der Waals surface area contributed by atoms with Gasteiger partial charge in [0.05, 0.1) is 12.2 Å². The third-order valence-corrected chi connectivity index (χ3v) is 5.60. The van der Waals surface area contributed by atoms with Crippen molar-refractivity contribution in [2.45, 2.75) is 62.6 Å². The molecule has 4 saturated carbocycles. The number of hydrogen-bond acceptors (Lipinski definition) is 3. The maximum atomic E-state index is 12.5. The molecule has 4 rings (SSSR count). The Kier molecular flexibility index (Phi) is 4.82. The molecule has 4 fully saturated rings. The molecule has 0 aromatic rings. The monoisotopic (exact) mass is 386 g/mol. The van der Waals surface area contributed by atoms with Gasteiger partial charge in [0, 0.05) is 0 Å². The van der Waals surface area contributed by atoms with E-state index in [9.17, 15) is 31.1 Å². The van der Waals surface area contributed by atoms with Gasteiger partial charge in [0.25, 0.3) is 0 Å². The van der Waals surface area contributed by atoms with E-state index in [1.807, 2.05) is 0 Å². The predicted molar refractivity (Wildman–Crippen MR) is 78.0 cm³/mol. The highest BCUT2D eigenvalue weighted by molar-refractivity contribution is 5.88. The molecule has 0 N–H and O–H groups in total. The Morgan fingerprint density at radius 1 is 0.962 bits per heavy atom. The summed E-state index contributed by atoms with van der Waals surface area (Å²) in [7, 11) is 0. The molecule has 0 aromatic heterocycles. The largest absolute Gasteiger partial charge is 0.456 e. The van der Waals surface area contributed by atoms with Crippen LogP contribution in [-0.4, -0.2) is 36.6 Å². The minimum Gasteiger partial charge on any atom is -0.456 e. The molecule has 26 heavy (non-hydrogen) atoms. The summed E-state index contributed by atoms with van der Waals surface area (Å²) in [4.78, 5) is 12.2. The number of rotatable bonds is 5. The second-order valence-corrected chi connectivity index (χ2v) is 7.87. The number of carbonyl (C=O) groups excluding carboxylic acids is 1. The first kappa shape index (κ1) is 19.5. The maximum absolute atomic E-state index is 12.5. The molecule has 0 aliphatic heterocycles. The summed E-state index contributed by atoms with van der Waals surface area (Å²) in [6, 6.07) is 0. The fourth-order valence-electron chi connectivity index (χ4n) is 5.04. The first-order valence-electron chi connectivity index (χ1n) is 8.54. The van der Waals surface area contributed by atoms with Crippen LogP contribution >= 0.6 is 0 Å². The van der Waals surface area contributed by atoms with Crippen LogP contribution in [0.15, 0.2) is 12.2 Å². The van der Waals surface area contributed by atoms with E-state index in [4.69, 9.17) is 4.74 Å². The van der Waals surface area contributed by atoms with Gasteiger partial charge in [0.1, 0.15) is 5.60 Å². The van der Waals surface area contributed by atoms with E-state index in [-0.39, 0.29) is 0 Å². The molecule has 0 heterocycles. The summed E-state index contributed by atoms with van der Waals surface area (Å²) < 4.78 is 84.2. The lowest BCUT2D eigenvalue weighted by molar-refractivity contribution is -0.320. The highest BCUT2D eigenvalue weighted by atomic mass is 19.4. The summed E-state index contributed by atoms with van der Waals surface area (Å²) in [5.74, 6) is 0.435. The first-order chi connectivity index (χ1) is 11.9. The number of ether oxygens (including phenoxy) is 2. The summed E-state index contributed by atoms with van der Waals surface area (Å²) >= 11 is 0. The molecule has 0 amide bonds. The fourth-order valence-corrected chi connectivity index (χ4v) is 5.04. The predicted octanol–water partition coefficient (Wildman–Crippen LogP) is 4.56. The second kappa shape index (κ2) is 6.42. The van der Waals surface area contributed by atoms with E-state index in [1.54, 1.807) is 0 Å². The van der Waals surface area contributed by atoms with Crippen LogP contribution in [0.4, 0.5) is 26.3 Å². The Hall–Kier alpha value is -1.25. The van der Waals surface area contributed by atoms with E-state index in [1.165, 1.54) is 0 Å². The lowest BCUT2D eigenvalue weighted by Crippen LogP contribution is -2.53. The molecule has 0 aromatic carbocycles. The van der Waals surface area contributed by atoms with Gasteiger partial charge in [-0.3, -0.25) is 0 Å². The third-order valence-electron chi connectivity index (χ3n) is 5.60. The van der Waals surface area contributed by atoms with Crippen molar-refractivity contribution in [3.05, 3.63) is 12.2 Å². The van der Waals surface area contributed by atoms with E-state index in [2.05, 4.69) is 11.3 Å². The third kappa shape index (κ3) is 4.02. The van der Waals surface area contributed by atoms with Crippen LogP contribution in [0, 0.1) is 17.8 Å². The number of hydrogen-bond donors (Lipinski definition) is 0. The van der Waals surface area contributed by atoms with Crippen LogP contribution < -0.4 is 0 Å². The van der Waals surface area contributed by atoms with Crippen molar-refractivity contribution in [2.75, 3.05) is 6.61 Å². The molecule has 0 atom stereocenters. The van der Waals surface area contributed by atoms with Gasteiger partial charge >= 0.3 is 18.3 Å². The van der Waals surface area contributed by atoms with Crippen molar-refractivity contribution >= 4 is 5.97 Å². The van der Waals surface area contributed by atoms with Crippen LogP contribution in [0.3, 0.4) is 0 Å². The standard InChI is InChI=1S/C17H20F6O3/c1-9(8-25-14(16(18,19)20)17(21,22)23)13(24)26-15-5-10-2-11(6-15)4-12(3-10)7-15/h10-12,14H,1-8H2. The summed E-state index contributed by atoms with van der Waals surface area (Å²) in [5, 5.41) is 0. The van der Waals surface area contributed by atoms with Crippen molar-refractivity contribution in [3.63, 3.8) is 0 Å². The van der Waals surface area contributed by atoms with Gasteiger partial charge in [0.15, 0.2) is 0 Å². The lowest BCUT2D eigenvalue weighted by atomic mass is 9.54. The molecule has 0 unspecified atom stereocenters. The first-order valence-corrected chi connectivity index (χ1v) is 8.54. The summed E-state index contributed by atoms with van der Waals surface area (Å²) in [6.45, 7) is 2.07. The van der Waals surface area contributed by atoms with Crippen molar-refractivity contribution in [1.29, 1.82) is 0 Å². The molecule has 9 heteroatoms. The quantitative estimate of drug-likeness (QED) is 0.395. The lowest BCUT2D eigenvalue weighted by Gasteiger charge is -2.55. The van der Waals surface area contributed by atoms with Crippen LogP contribution in [0.5, 0.6) is 0 Å². The Morgan fingerprint density at radius 3 is 1.77 bits per heavy atom. The van der Waals surface area contributed by atoms with Crippen LogP contribution in [0.25, 0.3) is 0 Å². The molecule has 0 saturated heterocycles. The van der Waals surface area contributed by atoms with E-state index >= 15 is 0 Å². The van der Waals surface area contributed by atoms with E-state index in [0.717, 1.165) is 19.3 Å². The Labute approximate surface area is 146 Å². The van der Waals surface area contributed by atoms with Crippen LogP contribution in [0.2, 0.25) is 0 Å². The highest BCUT2D eigenvalue weighted by Crippen LogP contribution is 2.57. The fraction of sp³-hybridized carbons (Fsp3) is 0.824. The average molecular weight is 386 g/mol. The van der Waals surface area contributed by atoms with Gasteiger partial charge < -0.3 is 9.47 Å². The van der Waals surface area contributed by atoms with Crippen LogP contribution in [0.1, 0.15) is 38.5 Å². The summed E-state index contributed by atoms with van der Waals surface area (Å²) in [5.41, 5.74) is -1.19. The number of halogens is 6. The van der Waals surface area contributed by atoms with E-state index in [0.29, 0.717) is 37.0 Å². The maximum Gasteiger partial charge on any atom is 0.423 e. The Morgan fingerprint density at radius 2 is 1.38 bits per heavy atom. The highest BCUT2D eigenvalue weighted by Gasteiger charge is 2.58. The zero-order valence-corrected chi connectivity index (χ0v) is 14.0. The molecule has 148 valence electrons. The minimum atomic E-state index is -5.62. The van der Waals surface area contributed by atoms with Crippen molar-refractivity contribution < 1.29 is 40.6 Å². The average Bonchev–Trinajstić information content (AvgIpc) is 2.42. The van der Waals surface area contributed by atoms with Crippen molar-refractivity contribution in [2.24, 2.45) is 17.8 Å². The zero-order chi connectivity index (χ0) is 19.3. The normalized spacial score (nSPS) is 33.6. The molecule has 4 aliphatic carbocycles. The molecule has 0 spiro atoms. The van der Waals surface area contributed by atoms with Crippen LogP contribution in [-0.2, 0) is 14.3 Å². The SMILES string of the molecule is C=C(COC(C(F)(F)F)C(F)(F)F)C(=O)OC12CC3CC(CC(C3)C1)C2. The summed E-state index contributed by atoms with van der Waals surface area (Å²) in [6.07, 6.45) is -9.81. The molecule has 4 aliphatic rings. The molecule has 4 bridgehead atoms.